The molecule has 0 bridgehead atoms. The van der Waals surface area contributed by atoms with Gasteiger partial charge in [0.25, 0.3) is 0 Å². The van der Waals surface area contributed by atoms with Crippen LogP contribution in [0.4, 0.5) is 0 Å². The lowest BCUT2D eigenvalue weighted by Gasteiger charge is -2.37. The predicted octanol–water partition coefficient (Wildman–Crippen LogP) is 4.91. The van der Waals surface area contributed by atoms with E-state index in [1.165, 1.54) is 77.0 Å². The first-order valence-corrected chi connectivity index (χ1v) is 12.6. The summed E-state index contributed by atoms with van der Waals surface area (Å²) in [6, 6.07) is 0. The molecule has 5 heteroatoms. The third-order valence-corrected chi connectivity index (χ3v) is 5.99. The molecule has 0 radical (unpaired) electrons. The van der Waals surface area contributed by atoms with Crippen molar-refractivity contribution in [1.29, 1.82) is 0 Å². The molecule has 1 aliphatic heterocycles. The summed E-state index contributed by atoms with van der Waals surface area (Å²) < 4.78 is 10.9. The van der Waals surface area contributed by atoms with E-state index in [1.807, 2.05) is 0 Å². The first kappa shape index (κ1) is 27.6. The summed E-state index contributed by atoms with van der Waals surface area (Å²) >= 11 is 0. The molecule has 0 unspecified atom stereocenters. The first-order chi connectivity index (χ1) is 14.7. The zero-order valence-corrected chi connectivity index (χ0v) is 19.4. The molecular weight excluding hydrogens is 380 g/mol. The number of allylic oxidation sites excluding steroid dienone is 2. The molecule has 0 amide bonds. The van der Waals surface area contributed by atoms with Gasteiger partial charge in [-0.1, -0.05) is 89.7 Å². The Hall–Kier alpha value is -0.460. The highest BCUT2D eigenvalue weighted by molar-refractivity contribution is 4.87. The minimum Gasteiger partial charge on any atom is -0.394 e. The molecule has 0 saturated carbocycles. The van der Waals surface area contributed by atoms with Crippen molar-refractivity contribution in [1.82, 2.24) is 0 Å². The SMILES string of the molecule is CC/C=C/CCCCCCCCCCCCCCCO[C@@H]1[C@@H](O)[C@H](CO)OC[C@H]1O. The molecule has 1 fully saturated rings. The van der Waals surface area contributed by atoms with E-state index >= 15 is 0 Å². The van der Waals surface area contributed by atoms with Crippen LogP contribution in [-0.4, -0.2) is 59.6 Å². The van der Waals surface area contributed by atoms with E-state index in [2.05, 4.69) is 19.1 Å². The van der Waals surface area contributed by atoms with Crippen molar-refractivity contribution in [2.75, 3.05) is 19.8 Å². The highest BCUT2D eigenvalue weighted by Gasteiger charge is 2.38. The van der Waals surface area contributed by atoms with Gasteiger partial charge in [-0.3, -0.25) is 0 Å². The highest BCUT2D eigenvalue weighted by atomic mass is 16.6. The summed E-state index contributed by atoms with van der Waals surface area (Å²) in [6.07, 6.45) is 20.8. The number of rotatable bonds is 19. The average molecular weight is 429 g/mol. The lowest BCUT2D eigenvalue weighted by atomic mass is 10.0. The van der Waals surface area contributed by atoms with Crippen LogP contribution in [0.2, 0.25) is 0 Å². The average Bonchev–Trinajstić information content (AvgIpc) is 2.75. The summed E-state index contributed by atoms with van der Waals surface area (Å²) in [6.45, 7) is 2.56. The van der Waals surface area contributed by atoms with Crippen LogP contribution in [0, 0.1) is 0 Å². The Kier molecular flexibility index (Phi) is 17.7. The van der Waals surface area contributed by atoms with E-state index in [9.17, 15) is 10.2 Å². The Morgan fingerprint density at radius 2 is 1.33 bits per heavy atom. The molecule has 1 heterocycles. The number of ether oxygens (including phenoxy) is 2. The van der Waals surface area contributed by atoms with Crippen LogP contribution >= 0.6 is 0 Å². The van der Waals surface area contributed by atoms with Crippen molar-refractivity contribution in [3.8, 4) is 0 Å². The van der Waals surface area contributed by atoms with Gasteiger partial charge >= 0.3 is 0 Å². The molecule has 0 aliphatic carbocycles. The van der Waals surface area contributed by atoms with Crippen LogP contribution in [0.1, 0.15) is 103 Å². The van der Waals surface area contributed by atoms with Crippen LogP contribution in [0.3, 0.4) is 0 Å². The van der Waals surface area contributed by atoms with Crippen molar-refractivity contribution in [2.24, 2.45) is 0 Å². The lowest BCUT2D eigenvalue weighted by Crippen LogP contribution is -2.55. The normalized spacial score (nSPS) is 24.7. The van der Waals surface area contributed by atoms with E-state index in [0.29, 0.717) is 6.61 Å². The van der Waals surface area contributed by atoms with E-state index in [1.54, 1.807) is 0 Å². The maximum atomic E-state index is 10.1. The summed E-state index contributed by atoms with van der Waals surface area (Å²) in [4.78, 5) is 0. The Labute approximate surface area is 184 Å². The fourth-order valence-electron chi connectivity index (χ4n) is 4.04. The van der Waals surface area contributed by atoms with Gasteiger partial charge in [0.1, 0.15) is 24.4 Å². The van der Waals surface area contributed by atoms with Crippen LogP contribution in [0.15, 0.2) is 12.2 Å². The molecule has 178 valence electrons. The Bertz CT molecular complexity index is 401. The second-order valence-corrected chi connectivity index (χ2v) is 8.71. The Morgan fingerprint density at radius 1 is 0.800 bits per heavy atom. The molecule has 5 nitrogen and oxygen atoms in total. The fourth-order valence-corrected chi connectivity index (χ4v) is 4.04. The minimum absolute atomic E-state index is 0.101. The molecule has 1 saturated heterocycles. The van der Waals surface area contributed by atoms with Crippen molar-refractivity contribution >= 4 is 0 Å². The van der Waals surface area contributed by atoms with Gasteiger partial charge in [-0.05, 0) is 25.7 Å². The van der Waals surface area contributed by atoms with Gasteiger partial charge in [-0.15, -0.1) is 0 Å². The monoisotopic (exact) mass is 428 g/mol. The first-order valence-electron chi connectivity index (χ1n) is 12.6. The molecule has 0 aromatic rings. The second-order valence-electron chi connectivity index (χ2n) is 8.71. The third kappa shape index (κ3) is 13.1. The smallest absolute Gasteiger partial charge is 0.114 e. The Morgan fingerprint density at radius 3 is 1.87 bits per heavy atom. The largest absolute Gasteiger partial charge is 0.394 e. The lowest BCUT2D eigenvalue weighted by molar-refractivity contribution is -0.210. The number of aliphatic hydroxyl groups is 3. The number of hydrogen-bond acceptors (Lipinski definition) is 5. The van der Waals surface area contributed by atoms with E-state index in [0.717, 1.165) is 19.3 Å². The van der Waals surface area contributed by atoms with Gasteiger partial charge in [0.2, 0.25) is 0 Å². The number of aliphatic hydroxyl groups excluding tert-OH is 3. The van der Waals surface area contributed by atoms with Crippen molar-refractivity contribution < 1.29 is 24.8 Å². The zero-order valence-electron chi connectivity index (χ0n) is 19.4. The summed E-state index contributed by atoms with van der Waals surface area (Å²) in [5.74, 6) is 0. The predicted molar refractivity (Wildman–Crippen MR) is 123 cm³/mol. The fraction of sp³-hybridized carbons (Fsp3) is 0.920. The van der Waals surface area contributed by atoms with Crippen molar-refractivity contribution in [2.45, 2.75) is 128 Å². The van der Waals surface area contributed by atoms with Crippen molar-refractivity contribution in [3.63, 3.8) is 0 Å². The summed E-state index contributed by atoms with van der Waals surface area (Å²) in [5.41, 5.74) is 0. The quantitative estimate of drug-likeness (QED) is 0.201. The third-order valence-electron chi connectivity index (χ3n) is 5.99. The number of unbranched alkanes of at least 4 members (excludes halogenated alkanes) is 13. The maximum absolute atomic E-state index is 10.1. The van der Waals surface area contributed by atoms with Crippen LogP contribution in [0.5, 0.6) is 0 Å². The molecule has 0 aromatic heterocycles. The van der Waals surface area contributed by atoms with Gasteiger partial charge in [-0.25, -0.2) is 0 Å². The zero-order chi connectivity index (χ0) is 21.9. The van der Waals surface area contributed by atoms with Gasteiger partial charge in [0.05, 0.1) is 13.2 Å². The van der Waals surface area contributed by atoms with E-state index in [4.69, 9.17) is 14.6 Å². The molecule has 3 N–H and O–H groups in total. The van der Waals surface area contributed by atoms with E-state index < -0.39 is 24.4 Å². The van der Waals surface area contributed by atoms with E-state index in [-0.39, 0.29) is 13.2 Å². The second kappa shape index (κ2) is 19.2. The molecule has 0 spiro atoms. The minimum atomic E-state index is -0.971. The van der Waals surface area contributed by atoms with Gasteiger partial charge in [-0.2, -0.15) is 0 Å². The molecule has 4 atom stereocenters. The molecule has 1 aliphatic rings. The summed E-state index contributed by atoms with van der Waals surface area (Å²) in [5, 5.41) is 29.1. The van der Waals surface area contributed by atoms with Crippen molar-refractivity contribution in [3.05, 3.63) is 12.2 Å². The maximum Gasteiger partial charge on any atom is 0.114 e. The number of hydrogen-bond donors (Lipinski definition) is 3. The van der Waals surface area contributed by atoms with Gasteiger partial charge in [0, 0.05) is 6.61 Å². The Balaban J connectivity index is 1.82. The van der Waals surface area contributed by atoms with Crippen LogP contribution < -0.4 is 0 Å². The van der Waals surface area contributed by atoms with Crippen LogP contribution in [0.25, 0.3) is 0 Å². The molecule has 30 heavy (non-hydrogen) atoms. The highest BCUT2D eigenvalue weighted by Crippen LogP contribution is 2.19. The molecule has 1 rings (SSSR count). The van der Waals surface area contributed by atoms with Crippen LogP contribution in [-0.2, 0) is 9.47 Å². The van der Waals surface area contributed by atoms with Gasteiger partial charge in [0.15, 0.2) is 0 Å². The standard InChI is InChI=1S/C25H48O5/c1-2-3-4-5-6-7-8-9-10-11-12-13-14-15-16-17-18-19-29-25-22(27)21-30-23(20-26)24(25)28/h3-4,22-28H,2,5-21H2,1H3/b4-3+/t22-,23+,24+,25+/m1/s1. The topological polar surface area (TPSA) is 79.2 Å². The molecule has 0 aromatic carbocycles. The summed E-state index contributed by atoms with van der Waals surface area (Å²) in [7, 11) is 0. The molecular formula is C25H48O5. The van der Waals surface area contributed by atoms with Gasteiger partial charge < -0.3 is 24.8 Å².